The van der Waals surface area contributed by atoms with Crippen molar-refractivity contribution in [2.75, 3.05) is 5.73 Å². The van der Waals surface area contributed by atoms with Crippen molar-refractivity contribution < 1.29 is 0 Å². The lowest BCUT2D eigenvalue weighted by Gasteiger charge is -2.11. The van der Waals surface area contributed by atoms with Crippen LogP contribution in [0.15, 0.2) is 18.2 Å². The highest BCUT2D eigenvalue weighted by Gasteiger charge is 2.42. The normalized spacial score (nSPS) is 17.1. The molecule has 88 valence electrons. The van der Waals surface area contributed by atoms with Crippen LogP contribution in [-0.2, 0) is 5.54 Å². The largest absolute Gasteiger partial charge is 0.399 e. The van der Waals surface area contributed by atoms with Crippen LogP contribution in [0.25, 0.3) is 11.4 Å². The number of hydrogen-bond acceptors (Lipinski definition) is 4. The quantitative estimate of drug-likeness (QED) is 0.796. The third-order valence-electron chi connectivity index (χ3n) is 3.48. The van der Waals surface area contributed by atoms with Gasteiger partial charge in [-0.3, -0.25) is 0 Å². The van der Waals surface area contributed by atoms with Crippen LogP contribution in [0.3, 0.4) is 0 Å². The van der Waals surface area contributed by atoms with Gasteiger partial charge in [-0.05, 0) is 60.9 Å². The number of nitrogens with zero attached hydrogens (tertiary/aromatic N) is 4. The third-order valence-corrected chi connectivity index (χ3v) is 3.48. The summed E-state index contributed by atoms with van der Waals surface area (Å²) < 4.78 is 1.93. The highest BCUT2D eigenvalue weighted by molar-refractivity contribution is 5.62. The molecule has 1 aliphatic rings. The summed E-state index contributed by atoms with van der Waals surface area (Å²) in [6, 6.07) is 5.90. The van der Waals surface area contributed by atoms with Gasteiger partial charge in [0.2, 0.25) is 0 Å². The van der Waals surface area contributed by atoms with Crippen LogP contribution in [0.4, 0.5) is 5.69 Å². The molecule has 1 aromatic heterocycles. The monoisotopic (exact) mass is 229 g/mol. The summed E-state index contributed by atoms with van der Waals surface area (Å²) in [7, 11) is 0. The molecule has 0 aliphatic heterocycles. The molecular formula is C12H15N5. The summed E-state index contributed by atoms with van der Waals surface area (Å²) in [6.07, 6.45) is 2.28. The molecule has 1 saturated carbocycles. The molecule has 2 aromatic rings. The summed E-state index contributed by atoms with van der Waals surface area (Å²) >= 11 is 0. The predicted molar refractivity (Wildman–Crippen MR) is 65.3 cm³/mol. The van der Waals surface area contributed by atoms with E-state index in [9.17, 15) is 0 Å². The third kappa shape index (κ3) is 1.58. The SMILES string of the molecule is Cc1cc(-c2nnnn2C2(C)CC2)ccc1N. The zero-order valence-corrected chi connectivity index (χ0v) is 10.0. The van der Waals surface area contributed by atoms with Crippen LogP contribution in [0, 0.1) is 6.92 Å². The van der Waals surface area contributed by atoms with Gasteiger partial charge in [-0.1, -0.05) is 0 Å². The van der Waals surface area contributed by atoms with E-state index in [1.807, 2.05) is 29.8 Å². The van der Waals surface area contributed by atoms with Crippen molar-refractivity contribution in [3.05, 3.63) is 23.8 Å². The Morgan fingerprint density at radius 1 is 1.35 bits per heavy atom. The number of benzene rings is 1. The van der Waals surface area contributed by atoms with E-state index in [4.69, 9.17) is 5.73 Å². The second kappa shape index (κ2) is 3.29. The first-order valence-corrected chi connectivity index (χ1v) is 5.75. The predicted octanol–water partition coefficient (Wildman–Crippen LogP) is 1.74. The molecule has 0 saturated heterocycles. The first kappa shape index (κ1) is 10.3. The zero-order chi connectivity index (χ0) is 12.0. The van der Waals surface area contributed by atoms with Crippen molar-refractivity contribution in [1.82, 2.24) is 20.2 Å². The van der Waals surface area contributed by atoms with Crippen LogP contribution in [-0.4, -0.2) is 20.2 Å². The molecule has 0 amide bonds. The van der Waals surface area contributed by atoms with Gasteiger partial charge in [-0.15, -0.1) is 5.10 Å². The molecule has 0 unspecified atom stereocenters. The maximum atomic E-state index is 5.82. The van der Waals surface area contributed by atoms with Crippen molar-refractivity contribution in [3.8, 4) is 11.4 Å². The van der Waals surface area contributed by atoms with E-state index < -0.39 is 0 Å². The van der Waals surface area contributed by atoms with Crippen molar-refractivity contribution in [2.45, 2.75) is 32.2 Å². The van der Waals surface area contributed by atoms with Crippen LogP contribution < -0.4 is 5.73 Å². The molecule has 5 heteroatoms. The molecule has 0 atom stereocenters. The van der Waals surface area contributed by atoms with Gasteiger partial charge in [0.1, 0.15) is 0 Å². The number of nitrogen functional groups attached to an aromatic ring is 1. The van der Waals surface area contributed by atoms with E-state index in [1.165, 1.54) is 0 Å². The Balaban J connectivity index is 2.09. The highest BCUT2D eigenvalue weighted by atomic mass is 15.6. The van der Waals surface area contributed by atoms with E-state index in [-0.39, 0.29) is 5.54 Å². The lowest BCUT2D eigenvalue weighted by Crippen LogP contribution is -2.15. The molecule has 2 N–H and O–H groups in total. The first-order valence-electron chi connectivity index (χ1n) is 5.75. The van der Waals surface area contributed by atoms with Crippen molar-refractivity contribution >= 4 is 5.69 Å². The van der Waals surface area contributed by atoms with E-state index >= 15 is 0 Å². The van der Waals surface area contributed by atoms with Gasteiger partial charge in [0, 0.05) is 11.3 Å². The maximum absolute atomic E-state index is 5.82. The number of tetrazole rings is 1. The minimum atomic E-state index is 0.105. The molecule has 0 radical (unpaired) electrons. The molecule has 1 aromatic carbocycles. The lowest BCUT2D eigenvalue weighted by molar-refractivity contribution is 0.463. The lowest BCUT2D eigenvalue weighted by atomic mass is 10.1. The highest BCUT2D eigenvalue weighted by Crippen LogP contribution is 2.43. The van der Waals surface area contributed by atoms with Crippen LogP contribution in [0.5, 0.6) is 0 Å². The summed E-state index contributed by atoms with van der Waals surface area (Å²) in [4.78, 5) is 0. The van der Waals surface area contributed by atoms with Gasteiger partial charge in [0.05, 0.1) is 5.54 Å². The molecular weight excluding hydrogens is 214 g/mol. The van der Waals surface area contributed by atoms with Gasteiger partial charge >= 0.3 is 0 Å². The zero-order valence-electron chi connectivity index (χ0n) is 10.0. The number of aryl methyl sites for hydroxylation is 1. The summed E-state index contributed by atoms with van der Waals surface area (Å²) in [6.45, 7) is 4.17. The van der Waals surface area contributed by atoms with Gasteiger partial charge in [0.15, 0.2) is 5.82 Å². The molecule has 1 heterocycles. The van der Waals surface area contributed by atoms with E-state index in [1.54, 1.807) is 0 Å². The smallest absolute Gasteiger partial charge is 0.182 e. The Kier molecular flexibility index (Phi) is 1.98. The van der Waals surface area contributed by atoms with E-state index in [0.717, 1.165) is 35.5 Å². The number of hydrogen-bond donors (Lipinski definition) is 1. The Morgan fingerprint density at radius 2 is 2.12 bits per heavy atom. The topological polar surface area (TPSA) is 69.6 Å². The average Bonchev–Trinajstić information content (AvgIpc) is 2.87. The number of nitrogens with two attached hydrogens (primary N) is 1. The standard InChI is InChI=1S/C12H15N5/c1-8-7-9(3-4-10(8)13)11-14-15-16-17(11)12(2)5-6-12/h3-4,7H,5-6,13H2,1-2H3. The fraction of sp³-hybridized carbons (Fsp3) is 0.417. The molecule has 3 rings (SSSR count). The Bertz CT molecular complexity index is 568. The van der Waals surface area contributed by atoms with Crippen molar-refractivity contribution in [2.24, 2.45) is 0 Å². The van der Waals surface area contributed by atoms with Crippen LogP contribution in [0.2, 0.25) is 0 Å². The van der Waals surface area contributed by atoms with Gasteiger partial charge < -0.3 is 5.73 Å². The molecule has 5 nitrogen and oxygen atoms in total. The second-order valence-electron chi connectivity index (χ2n) is 4.98. The van der Waals surface area contributed by atoms with E-state index in [2.05, 4.69) is 22.4 Å². The Morgan fingerprint density at radius 3 is 2.76 bits per heavy atom. The van der Waals surface area contributed by atoms with Crippen LogP contribution >= 0.6 is 0 Å². The molecule has 17 heavy (non-hydrogen) atoms. The molecule has 1 fully saturated rings. The number of aromatic nitrogens is 4. The van der Waals surface area contributed by atoms with Gasteiger partial charge in [0.25, 0.3) is 0 Å². The minimum Gasteiger partial charge on any atom is -0.399 e. The fourth-order valence-corrected chi connectivity index (χ4v) is 1.94. The van der Waals surface area contributed by atoms with Crippen molar-refractivity contribution in [1.29, 1.82) is 0 Å². The Labute approximate surface area is 99.6 Å². The van der Waals surface area contributed by atoms with E-state index in [0.29, 0.717) is 0 Å². The van der Waals surface area contributed by atoms with Gasteiger partial charge in [-0.25, -0.2) is 4.68 Å². The Hall–Kier alpha value is -1.91. The number of rotatable bonds is 2. The number of anilines is 1. The summed E-state index contributed by atoms with van der Waals surface area (Å²) in [5.41, 5.74) is 8.80. The molecule has 1 aliphatic carbocycles. The minimum absolute atomic E-state index is 0.105. The maximum Gasteiger partial charge on any atom is 0.182 e. The second-order valence-corrected chi connectivity index (χ2v) is 4.98. The summed E-state index contributed by atoms with van der Waals surface area (Å²) in [5.74, 6) is 0.827. The molecule has 0 bridgehead atoms. The average molecular weight is 229 g/mol. The fourth-order valence-electron chi connectivity index (χ4n) is 1.94. The van der Waals surface area contributed by atoms with Gasteiger partial charge in [-0.2, -0.15) is 0 Å². The van der Waals surface area contributed by atoms with Crippen molar-refractivity contribution in [3.63, 3.8) is 0 Å². The summed E-state index contributed by atoms with van der Waals surface area (Å²) in [5, 5.41) is 12.0. The van der Waals surface area contributed by atoms with Crippen LogP contribution in [0.1, 0.15) is 25.3 Å². The molecule has 0 spiro atoms. The first-order chi connectivity index (χ1) is 8.10.